The summed E-state index contributed by atoms with van der Waals surface area (Å²) in [6, 6.07) is 0. The molecule has 0 rings (SSSR count). The molecule has 150 valence electrons. The van der Waals surface area contributed by atoms with Crippen LogP contribution in [0.2, 0.25) is 0 Å². The molecule has 0 aromatic carbocycles. The van der Waals surface area contributed by atoms with Gasteiger partial charge in [0.05, 0.1) is 13.2 Å². The van der Waals surface area contributed by atoms with Gasteiger partial charge in [-0.15, -0.1) is 0 Å². The first-order valence-electron chi connectivity index (χ1n) is 9.78. The van der Waals surface area contributed by atoms with Crippen LogP contribution >= 0.6 is 0 Å². The van der Waals surface area contributed by atoms with Crippen LogP contribution in [0.3, 0.4) is 0 Å². The van der Waals surface area contributed by atoms with Gasteiger partial charge in [0.25, 0.3) is 6.48 Å². The summed E-state index contributed by atoms with van der Waals surface area (Å²) >= 11 is 0. The van der Waals surface area contributed by atoms with Crippen molar-refractivity contribution in [3.05, 3.63) is 46.6 Å². The zero-order chi connectivity index (χ0) is 19.8. The molecule has 0 bridgehead atoms. The van der Waals surface area contributed by atoms with Crippen LogP contribution in [0, 0.1) is 0 Å². The van der Waals surface area contributed by atoms with Gasteiger partial charge in [-0.2, -0.15) is 0 Å². The van der Waals surface area contributed by atoms with E-state index in [-0.39, 0.29) is 0 Å². The third-order valence-corrected chi connectivity index (χ3v) is 4.15. The monoisotopic (exact) mass is 380 g/mol. The summed E-state index contributed by atoms with van der Waals surface area (Å²) < 4.78 is 17.0. The van der Waals surface area contributed by atoms with E-state index in [9.17, 15) is 0 Å². The van der Waals surface area contributed by atoms with Gasteiger partial charge >= 0.3 is 0 Å². The topological polar surface area (TPSA) is 27.7 Å². The number of ether oxygens (including phenoxy) is 3. The third-order valence-electron chi connectivity index (χ3n) is 3.81. The van der Waals surface area contributed by atoms with E-state index in [0.29, 0.717) is 19.4 Å². The van der Waals surface area contributed by atoms with Crippen molar-refractivity contribution in [2.45, 2.75) is 73.7 Å². The molecular formula is C22H40O3Si. The fourth-order valence-electron chi connectivity index (χ4n) is 2.20. The fourth-order valence-corrected chi connectivity index (χ4v) is 2.47. The summed E-state index contributed by atoms with van der Waals surface area (Å²) in [4.78, 5) is 0. The van der Waals surface area contributed by atoms with Crippen LogP contribution in [-0.4, -0.2) is 36.2 Å². The first-order valence-corrected chi connectivity index (χ1v) is 11.2. The van der Waals surface area contributed by atoms with E-state index < -0.39 is 6.48 Å². The molecule has 0 aromatic rings. The zero-order valence-corrected chi connectivity index (χ0v) is 20.1. The molecule has 0 saturated heterocycles. The molecule has 0 amide bonds. The summed E-state index contributed by atoms with van der Waals surface area (Å²) in [5.74, 6) is 0. The quantitative estimate of drug-likeness (QED) is 0.240. The zero-order valence-electron chi connectivity index (χ0n) is 18.1. The molecule has 0 aromatic heterocycles. The molecule has 26 heavy (non-hydrogen) atoms. The highest BCUT2D eigenvalue weighted by Crippen LogP contribution is 2.09. The molecular weight excluding hydrogens is 340 g/mol. The van der Waals surface area contributed by atoms with E-state index in [1.165, 1.54) is 22.3 Å². The van der Waals surface area contributed by atoms with E-state index in [0.717, 1.165) is 35.9 Å². The van der Waals surface area contributed by atoms with Crippen LogP contribution in [0.25, 0.3) is 0 Å². The highest BCUT2D eigenvalue weighted by Gasteiger charge is 2.07. The smallest absolute Gasteiger partial charge is 0.271 e. The Balaban J connectivity index is 4.19. The molecule has 4 heteroatoms. The van der Waals surface area contributed by atoms with Crippen molar-refractivity contribution in [3.63, 3.8) is 0 Å². The van der Waals surface area contributed by atoms with Crippen molar-refractivity contribution in [2.24, 2.45) is 0 Å². The first kappa shape index (κ1) is 25.1. The van der Waals surface area contributed by atoms with E-state index in [4.69, 9.17) is 14.2 Å². The fraction of sp³-hybridized carbons (Fsp3) is 0.636. The number of hydrogen-bond donors (Lipinski definition) is 0. The maximum Gasteiger partial charge on any atom is 0.271 e. The van der Waals surface area contributed by atoms with Crippen LogP contribution in [0.1, 0.15) is 67.2 Å². The van der Waals surface area contributed by atoms with Crippen LogP contribution in [0.15, 0.2) is 46.6 Å². The Kier molecular flexibility index (Phi) is 15.7. The molecule has 0 radical (unpaired) electrons. The van der Waals surface area contributed by atoms with E-state index in [1.807, 2.05) is 0 Å². The van der Waals surface area contributed by atoms with Crippen LogP contribution < -0.4 is 0 Å². The van der Waals surface area contributed by atoms with Gasteiger partial charge in [-0.1, -0.05) is 46.6 Å². The summed E-state index contributed by atoms with van der Waals surface area (Å²) in [7, 11) is 0.970. The molecule has 0 aliphatic carbocycles. The normalized spacial score (nSPS) is 13.6. The lowest BCUT2D eigenvalue weighted by Gasteiger charge is -2.17. The maximum absolute atomic E-state index is 5.72. The maximum atomic E-state index is 5.72. The van der Waals surface area contributed by atoms with Crippen molar-refractivity contribution >= 4 is 10.2 Å². The van der Waals surface area contributed by atoms with Crippen molar-refractivity contribution < 1.29 is 14.2 Å². The Morgan fingerprint density at radius 1 is 0.692 bits per heavy atom. The highest BCUT2D eigenvalue weighted by molar-refractivity contribution is 6.08. The minimum absolute atomic E-state index is 0.524. The Bertz CT molecular complexity index is 440. The second-order valence-electron chi connectivity index (χ2n) is 7.15. The predicted molar refractivity (Wildman–Crippen MR) is 116 cm³/mol. The lowest BCUT2D eigenvalue weighted by molar-refractivity contribution is -0.272. The molecule has 3 nitrogen and oxygen atoms in total. The lowest BCUT2D eigenvalue weighted by atomic mass is 10.1. The number of hydrogen-bond acceptors (Lipinski definition) is 3. The van der Waals surface area contributed by atoms with Gasteiger partial charge in [0, 0.05) is 16.5 Å². The molecule has 0 aliphatic rings. The molecule has 0 fully saturated rings. The van der Waals surface area contributed by atoms with Crippen molar-refractivity contribution in [1.82, 2.24) is 0 Å². The SMILES string of the molecule is CC(C)=CCC/C(C)=C/COC(OC[SiH3])OC/C=C(\C)CCC=C(C)C. The number of rotatable bonds is 14. The number of allylic oxidation sites excluding steroid dienone is 6. The molecule has 0 aliphatic heterocycles. The van der Waals surface area contributed by atoms with Gasteiger partial charge in [-0.25, -0.2) is 0 Å². The van der Waals surface area contributed by atoms with E-state index >= 15 is 0 Å². The Labute approximate surface area is 164 Å². The summed E-state index contributed by atoms with van der Waals surface area (Å²) in [5.41, 5.74) is 5.41. The van der Waals surface area contributed by atoms with Gasteiger partial charge in [-0.3, -0.25) is 0 Å². The van der Waals surface area contributed by atoms with E-state index in [2.05, 4.69) is 65.8 Å². The molecule has 0 N–H and O–H groups in total. The standard InChI is InChI=1S/C22H40O3Si/c1-18(2)9-7-11-20(5)13-15-23-22(25-17-26)24-16-14-21(6)12-8-10-19(3)4/h9-10,13-14,22H,7-8,11-12,15-17H2,1-6,26H3/b20-13+,21-14+. The summed E-state index contributed by atoms with van der Waals surface area (Å²) in [6.45, 7) is 13.3. The average molecular weight is 381 g/mol. The Hall–Kier alpha value is -0.943. The van der Waals surface area contributed by atoms with Gasteiger partial charge in [-0.05, 0) is 67.2 Å². The van der Waals surface area contributed by atoms with Gasteiger partial charge in [0.1, 0.15) is 0 Å². The molecule has 0 spiro atoms. The first-order chi connectivity index (χ1) is 12.3. The highest BCUT2D eigenvalue weighted by atomic mass is 28.1. The van der Waals surface area contributed by atoms with Crippen molar-refractivity contribution in [1.29, 1.82) is 0 Å². The Morgan fingerprint density at radius 3 is 1.46 bits per heavy atom. The van der Waals surface area contributed by atoms with E-state index in [1.54, 1.807) is 0 Å². The van der Waals surface area contributed by atoms with Crippen LogP contribution in [-0.2, 0) is 14.2 Å². The van der Waals surface area contributed by atoms with Gasteiger partial charge in [0.15, 0.2) is 0 Å². The van der Waals surface area contributed by atoms with Crippen LogP contribution in [0.5, 0.6) is 0 Å². The van der Waals surface area contributed by atoms with Crippen LogP contribution in [0.4, 0.5) is 0 Å². The minimum atomic E-state index is -0.573. The second kappa shape index (κ2) is 16.2. The summed E-state index contributed by atoms with van der Waals surface area (Å²) in [5, 5.41) is 0. The van der Waals surface area contributed by atoms with Crippen molar-refractivity contribution in [3.8, 4) is 0 Å². The summed E-state index contributed by atoms with van der Waals surface area (Å²) in [6.07, 6.45) is 13.8. The lowest BCUT2D eigenvalue weighted by Crippen LogP contribution is -2.22. The minimum Gasteiger partial charge on any atom is -0.334 e. The second-order valence-corrected chi connectivity index (χ2v) is 7.73. The van der Waals surface area contributed by atoms with Gasteiger partial charge < -0.3 is 14.2 Å². The average Bonchev–Trinajstić information content (AvgIpc) is 2.54. The van der Waals surface area contributed by atoms with Gasteiger partial charge in [0.2, 0.25) is 0 Å². The molecule has 0 unspecified atom stereocenters. The molecule has 0 atom stereocenters. The molecule has 0 saturated carbocycles. The Morgan fingerprint density at radius 2 is 1.12 bits per heavy atom. The third kappa shape index (κ3) is 16.5. The largest absolute Gasteiger partial charge is 0.334 e. The predicted octanol–water partition coefficient (Wildman–Crippen LogP) is 5.03. The van der Waals surface area contributed by atoms with Crippen molar-refractivity contribution in [2.75, 3.05) is 19.4 Å². The molecule has 0 heterocycles.